The summed E-state index contributed by atoms with van der Waals surface area (Å²) >= 11 is 0. The van der Waals surface area contributed by atoms with E-state index in [2.05, 4.69) is 28.8 Å². The van der Waals surface area contributed by atoms with Gasteiger partial charge in [-0.1, -0.05) is 25.1 Å². The SMILES string of the molecule is Cc1ccc(C)c(S(=O)(=O)Nc2cccc(C(=O)NC[C@@H](C)N3CCC(C)CC3)c2)c1. The smallest absolute Gasteiger partial charge is 0.262 e. The summed E-state index contributed by atoms with van der Waals surface area (Å²) in [4.78, 5) is 15.3. The molecular formula is C24H33N3O3S. The first kappa shape index (κ1) is 23.3. The highest BCUT2D eigenvalue weighted by Crippen LogP contribution is 2.21. The fraction of sp³-hybridized carbons (Fsp3) is 0.458. The Morgan fingerprint density at radius 1 is 1.13 bits per heavy atom. The lowest BCUT2D eigenvalue weighted by molar-refractivity contribution is 0.0921. The molecule has 2 aromatic carbocycles. The average molecular weight is 444 g/mol. The van der Waals surface area contributed by atoms with Gasteiger partial charge in [0, 0.05) is 23.8 Å². The molecule has 1 atom stereocenters. The van der Waals surface area contributed by atoms with Crippen molar-refractivity contribution in [2.75, 3.05) is 24.4 Å². The van der Waals surface area contributed by atoms with Gasteiger partial charge in [0.05, 0.1) is 4.90 Å². The summed E-state index contributed by atoms with van der Waals surface area (Å²) in [5.41, 5.74) is 2.34. The summed E-state index contributed by atoms with van der Waals surface area (Å²) in [7, 11) is -3.74. The third-order valence-corrected chi connectivity index (χ3v) is 7.53. The molecule has 0 saturated carbocycles. The molecule has 1 amide bonds. The Labute approximate surface area is 186 Å². The Morgan fingerprint density at radius 3 is 2.55 bits per heavy atom. The molecule has 1 heterocycles. The van der Waals surface area contributed by atoms with E-state index in [1.807, 2.05) is 13.0 Å². The first-order valence-electron chi connectivity index (χ1n) is 10.9. The fourth-order valence-corrected chi connectivity index (χ4v) is 5.25. The van der Waals surface area contributed by atoms with Crippen LogP contribution in [0.3, 0.4) is 0 Å². The van der Waals surface area contributed by atoms with Gasteiger partial charge in [-0.2, -0.15) is 0 Å². The topological polar surface area (TPSA) is 78.5 Å². The number of rotatable bonds is 7. The minimum Gasteiger partial charge on any atom is -0.350 e. The predicted molar refractivity (Wildman–Crippen MR) is 125 cm³/mol. The maximum absolute atomic E-state index is 12.9. The molecule has 6 nitrogen and oxygen atoms in total. The molecule has 0 unspecified atom stereocenters. The van der Waals surface area contributed by atoms with Crippen LogP contribution >= 0.6 is 0 Å². The number of sulfonamides is 1. The number of anilines is 1. The number of aryl methyl sites for hydroxylation is 2. The number of nitrogens with zero attached hydrogens (tertiary/aromatic N) is 1. The van der Waals surface area contributed by atoms with Crippen molar-refractivity contribution >= 4 is 21.6 Å². The second-order valence-electron chi connectivity index (χ2n) is 8.73. The minimum absolute atomic E-state index is 0.204. The molecule has 1 aliphatic rings. The maximum Gasteiger partial charge on any atom is 0.262 e. The number of carbonyl (C=O) groups excluding carboxylic acids is 1. The van der Waals surface area contributed by atoms with Crippen LogP contribution in [0.1, 0.15) is 48.2 Å². The molecular weight excluding hydrogens is 410 g/mol. The van der Waals surface area contributed by atoms with Crippen molar-refractivity contribution in [1.82, 2.24) is 10.2 Å². The lowest BCUT2D eigenvalue weighted by Crippen LogP contribution is -2.45. The number of carbonyl (C=O) groups is 1. The van der Waals surface area contributed by atoms with E-state index < -0.39 is 10.0 Å². The third-order valence-electron chi connectivity index (χ3n) is 6.01. The monoisotopic (exact) mass is 443 g/mol. The molecule has 2 N–H and O–H groups in total. The Balaban J connectivity index is 1.64. The largest absolute Gasteiger partial charge is 0.350 e. The molecule has 0 bridgehead atoms. The van der Waals surface area contributed by atoms with Crippen LogP contribution in [0.2, 0.25) is 0 Å². The fourth-order valence-electron chi connectivity index (χ4n) is 3.87. The van der Waals surface area contributed by atoms with Crippen molar-refractivity contribution in [2.45, 2.75) is 51.5 Å². The van der Waals surface area contributed by atoms with E-state index in [0.29, 0.717) is 23.4 Å². The summed E-state index contributed by atoms with van der Waals surface area (Å²) in [5, 5.41) is 2.99. The van der Waals surface area contributed by atoms with E-state index in [-0.39, 0.29) is 16.8 Å². The Morgan fingerprint density at radius 2 is 1.84 bits per heavy atom. The Kier molecular flexibility index (Phi) is 7.38. The van der Waals surface area contributed by atoms with Crippen LogP contribution < -0.4 is 10.0 Å². The molecule has 1 fully saturated rings. The van der Waals surface area contributed by atoms with Gasteiger partial charge < -0.3 is 5.32 Å². The van der Waals surface area contributed by atoms with Gasteiger partial charge in [0.25, 0.3) is 15.9 Å². The van der Waals surface area contributed by atoms with E-state index in [1.54, 1.807) is 43.3 Å². The first-order chi connectivity index (χ1) is 14.7. The Hall–Kier alpha value is -2.38. The number of hydrogen-bond donors (Lipinski definition) is 2. The summed E-state index contributed by atoms with van der Waals surface area (Å²) in [6.07, 6.45) is 2.39. The van der Waals surface area contributed by atoms with Gasteiger partial charge in [-0.05, 0) is 88.0 Å². The van der Waals surface area contributed by atoms with E-state index in [9.17, 15) is 13.2 Å². The van der Waals surface area contributed by atoms with E-state index in [1.165, 1.54) is 12.8 Å². The first-order valence-corrected chi connectivity index (χ1v) is 12.4. The number of nitrogens with one attached hydrogen (secondary N) is 2. The number of piperidine rings is 1. The van der Waals surface area contributed by atoms with Gasteiger partial charge in [-0.25, -0.2) is 8.42 Å². The van der Waals surface area contributed by atoms with Crippen LogP contribution in [0.5, 0.6) is 0 Å². The van der Waals surface area contributed by atoms with E-state index in [0.717, 1.165) is 24.6 Å². The molecule has 0 aromatic heterocycles. The summed E-state index contributed by atoms with van der Waals surface area (Å²) in [6, 6.07) is 12.2. The molecule has 7 heteroatoms. The molecule has 168 valence electrons. The normalized spacial score (nSPS) is 16.6. The zero-order chi connectivity index (χ0) is 22.6. The van der Waals surface area contributed by atoms with Crippen LogP contribution in [-0.4, -0.2) is 44.9 Å². The van der Waals surface area contributed by atoms with Gasteiger partial charge in [-0.3, -0.25) is 14.4 Å². The highest BCUT2D eigenvalue weighted by atomic mass is 32.2. The molecule has 1 aliphatic heterocycles. The van der Waals surface area contributed by atoms with Gasteiger partial charge in [0.2, 0.25) is 0 Å². The van der Waals surface area contributed by atoms with Crippen LogP contribution in [0.15, 0.2) is 47.4 Å². The average Bonchev–Trinajstić information content (AvgIpc) is 2.73. The molecule has 3 rings (SSSR count). The van der Waals surface area contributed by atoms with Gasteiger partial charge >= 0.3 is 0 Å². The lowest BCUT2D eigenvalue weighted by atomic mass is 9.98. The van der Waals surface area contributed by atoms with Crippen molar-refractivity contribution in [3.05, 3.63) is 59.2 Å². The summed E-state index contributed by atoms with van der Waals surface area (Å²) in [5.74, 6) is 0.568. The maximum atomic E-state index is 12.9. The number of likely N-dealkylation sites (tertiary alicyclic amines) is 1. The zero-order valence-electron chi connectivity index (χ0n) is 18.8. The van der Waals surface area contributed by atoms with E-state index >= 15 is 0 Å². The second-order valence-corrected chi connectivity index (χ2v) is 10.4. The standard InChI is InChI=1S/C24H33N3O3S/c1-17-10-12-27(13-11-17)20(4)16-25-24(28)21-6-5-7-22(15-21)26-31(29,30)23-14-18(2)8-9-19(23)3/h5-9,14-15,17,20,26H,10-13,16H2,1-4H3,(H,25,28)/t20-/m1/s1. The van der Waals surface area contributed by atoms with Crippen molar-refractivity contribution in [2.24, 2.45) is 5.92 Å². The van der Waals surface area contributed by atoms with Gasteiger partial charge in [0.15, 0.2) is 0 Å². The number of hydrogen-bond acceptors (Lipinski definition) is 4. The molecule has 1 saturated heterocycles. The van der Waals surface area contributed by atoms with Crippen molar-refractivity contribution in [3.63, 3.8) is 0 Å². The molecule has 0 spiro atoms. The Bertz CT molecular complexity index is 1030. The number of benzene rings is 2. The lowest BCUT2D eigenvalue weighted by Gasteiger charge is -2.35. The van der Waals surface area contributed by atoms with Crippen LogP contribution in [0.4, 0.5) is 5.69 Å². The third kappa shape index (κ3) is 6.08. The van der Waals surface area contributed by atoms with E-state index in [4.69, 9.17) is 0 Å². The van der Waals surface area contributed by atoms with Crippen molar-refractivity contribution in [3.8, 4) is 0 Å². The van der Waals surface area contributed by atoms with Crippen LogP contribution in [0.25, 0.3) is 0 Å². The van der Waals surface area contributed by atoms with Crippen molar-refractivity contribution in [1.29, 1.82) is 0 Å². The quantitative estimate of drug-likeness (QED) is 0.679. The zero-order valence-corrected chi connectivity index (χ0v) is 19.6. The van der Waals surface area contributed by atoms with Gasteiger partial charge in [-0.15, -0.1) is 0 Å². The minimum atomic E-state index is -3.74. The molecule has 0 radical (unpaired) electrons. The highest BCUT2D eigenvalue weighted by molar-refractivity contribution is 7.92. The highest BCUT2D eigenvalue weighted by Gasteiger charge is 2.21. The summed E-state index contributed by atoms with van der Waals surface area (Å²) < 4.78 is 28.3. The van der Waals surface area contributed by atoms with Crippen molar-refractivity contribution < 1.29 is 13.2 Å². The molecule has 31 heavy (non-hydrogen) atoms. The summed E-state index contributed by atoms with van der Waals surface area (Å²) in [6.45, 7) is 10.7. The second kappa shape index (κ2) is 9.83. The van der Waals surface area contributed by atoms with Gasteiger partial charge in [0.1, 0.15) is 0 Å². The number of amides is 1. The molecule has 0 aliphatic carbocycles. The van der Waals surface area contributed by atoms with Crippen LogP contribution in [0, 0.1) is 19.8 Å². The van der Waals surface area contributed by atoms with Crippen LogP contribution in [-0.2, 0) is 10.0 Å². The predicted octanol–water partition coefficient (Wildman–Crippen LogP) is 3.95. The molecule has 2 aromatic rings.